The van der Waals surface area contributed by atoms with Gasteiger partial charge >= 0.3 is 0 Å². The molecule has 0 N–H and O–H groups in total. The minimum absolute atomic E-state index is 0.132. The van der Waals surface area contributed by atoms with Crippen molar-refractivity contribution in [2.24, 2.45) is 0 Å². The summed E-state index contributed by atoms with van der Waals surface area (Å²) in [7, 11) is 0. The van der Waals surface area contributed by atoms with Gasteiger partial charge in [0.25, 0.3) is 0 Å². The second-order valence-electron chi connectivity index (χ2n) is 19.2. The number of hydrogen-bond donors (Lipinski definition) is 0. The van der Waals surface area contributed by atoms with E-state index < -0.39 is 5.41 Å². The Hall–Kier alpha value is -8.46. The van der Waals surface area contributed by atoms with Gasteiger partial charge in [0.05, 0.1) is 11.1 Å². The summed E-state index contributed by atoms with van der Waals surface area (Å²) in [4.78, 5) is 2.45. The summed E-state index contributed by atoms with van der Waals surface area (Å²) in [5, 5.41) is 4.57. The Labute approximate surface area is 397 Å². The molecule has 14 rings (SSSR count). The third-order valence-corrected chi connectivity index (χ3v) is 15.3. The Kier molecular flexibility index (Phi) is 8.28. The molecule has 1 heterocycles. The molecule has 0 bridgehead atoms. The summed E-state index contributed by atoms with van der Waals surface area (Å²) in [5.74, 6) is 1.86. The van der Waals surface area contributed by atoms with E-state index in [1.54, 1.807) is 0 Å². The highest BCUT2D eigenvalue weighted by atomic mass is 16.5. The van der Waals surface area contributed by atoms with Gasteiger partial charge in [-0.05, 0) is 108 Å². The van der Waals surface area contributed by atoms with E-state index >= 15 is 0 Å². The van der Waals surface area contributed by atoms with E-state index in [0.29, 0.717) is 0 Å². The van der Waals surface area contributed by atoms with Crippen molar-refractivity contribution in [2.45, 2.75) is 24.7 Å². The molecule has 0 aromatic heterocycles. The molecule has 11 aromatic carbocycles. The van der Waals surface area contributed by atoms with Crippen molar-refractivity contribution < 1.29 is 4.74 Å². The van der Waals surface area contributed by atoms with Gasteiger partial charge < -0.3 is 9.64 Å². The fraction of sp³-hybridized carbons (Fsp3) is 0.0606. The normalized spacial score (nSPS) is 14.1. The number of benzene rings is 11. The van der Waals surface area contributed by atoms with Crippen LogP contribution in [-0.4, -0.2) is 0 Å². The largest absolute Gasteiger partial charge is 0.455 e. The number of nitrogens with zero attached hydrogens (tertiary/aromatic N) is 1. The van der Waals surface area contributed by atoms with Gasteiger partial charge in [0, 0.05) is 44.3 Å². The molecule has 11 aromatic rings. The van der Waals surface area contributed by atoms with Gasteiger partial charge in [-0.2, -0.15) is 0 Å². The Balaban J connectivity index is 0.952. The van der Waals surface area contributed by atoms with Gasteiger partial charge in [-0.25, -0.2) is 0 Å². The van der Waals surface area contributed by atoms with Crippen LogP contribution in [0.1, 0.15) is 47.2 Å². The molecule has 0 fully saturated rings. The first-order valence-electron chi connectivity index (χ1n) is 23.7. The minimum Gasteiger partial charge on any atom is -0.455 e. The lowest BCUT2D eigenvalue weighted by Crippen LogP contribution is -2.32. The van der Waals surface area contributed by atoms with Crippen LogP contribution in [-0.2, 0) is 10.8 Å². The van der Waals surface area contributed by atoms with Crippen LogP contribution in [0.15, 0.2) is 237 Å². The van der Waals surface area contributed by atoms with Crippen molar-refractivity contribution in [1.82, 2.24) is 0 Å². The molecule has 68 heavy (non-hydrogen) atoms. The Bertz CT molecular complexity index is 3780. The van der Waals surface area contributed by atoms with Crippen molar-refractivity contribution in [3.63, 3.8) is 0 Å². The standard InChI is InChI=1S/C66H45NO/c1-65(2)56-25-13-10-23-52(56)54-37-35-48(41-60(54)65)67(62-27-15-12-20-49(62)43-16-4-3-5-17-43)47-33-28-42(29-34-47)46-30-36-55-53-24-11-14-26-57(53)66(61(55)40-46)58-38-31-44-18-6-8-21-50(44)63(58)68-64-51-22-9-7-19-45(51)32-39-59(64)66/h3-41H,1-2H3. The smallest absolute Gasteiger partial charge is 0.140 e. The summed E-state index contributed by atoms with van der Waals surface area (Å²) in [5.41, 5.74) is 20.1. The van der Waals surface area contributed by atoms with Crippen molar-refractivity contribution >= 4 is 38.6 Å². The number of ether oxygens (including phenoxy) is 1. The molecule has 0 unspecified atom stereocenters. The van der Waals surface area contributed by atoms with Crippen molar-refractivity contribution in [3.8, 4) is 56.0 Å². The van der Waals surface area contributed by atoms with E-state index in [-0.39, 0.29) is 5.41 Å². The van der Waals surface area contributed by atoms with Crippen LogP contribution in [0.25, 0.3) is 66.1 Å². The predicted octanol–water partition coefficient (Wildman–Crippen LogP) is 17.6. The molecule has 0 saturated heterocycles. The molecule has 2 nitrogen and oxygen atoms in total. The topological polar surface area (TPSA) is 12.5 Å². The molecule has 320 valence electrons. The highest BCUT2D eigenvalue weighted by molar-refractivity contribution is 6.00. The number of rotatable bonds is 5. The zero-order valence-electron chi connectivity index (χ0n) is 37.9. The molecular weight excluding hydrogens is 823 g/mol. The maximum Gasteiger partial charge on any atom is 0.140 e. The first-order chi connectivity index (χ1) is 33.5. The Morgan fingerprint density at radius 2 is 0.838 bits per heavy atom. The summed E-state index contributed by atoms with van der Waals surface area (Å²) in [6, 6.07) is 87.4. The summed E-state index contributed by atoms with van der Waals surface area (Å²) < 4.78 is 7.23. The fourth-order valence-electron chi connectivity index (χ4n) is 12.2. The van der Waals surface area contributed by atoms with Crippen LogP contribution in [0.5, 0.6) is 11.5 Å². The van der Waals surface area contributed by atoms with Crippen molar-refractivity contribution in [3.05, 3.63) is 270 Å². The van der Waals surface area contributed by atoms with Crippen molar-refractivity contribution in [2.75, 3.05) is 4.90 Å². The number of fused-ring (bicyclic) bond motifs is 16. The van der Waals surface area contributed by atoms with Crippen molar-refractivity contribution in [1.29, 1.82) is 0 Å². The molecular formula is C66H45NO. The zero-order valence-corrected chi connectivity index (χ0v) is 37.9. The highest BCUT2D eigenvalue weighted by Crippen LogP contribution is 2.64. The van der Waals surface area contributed by atoms with E-state index in [2.05, 4.69) is 255 Å². The van der Waals surface area contributed by atoms with Gasteiger partial charge in [0.15, 0.2) is 0 Å². The molecule has 0 saturated carbocycles. The quantitative estimate of drug-likeness (QED) is 0.171. The van der Waals surface area contributed by atoms with E-state index in [1.807, 2.05) is 0 Å². The molecule has 2 aliphatic carbocycles. The maximum absolute atomic E-state index is 7.23. The molecule has 0 atom stereocenters. The second-order valence-corrected chi connectivity index (χ2v) is 19.2. The predicted molar refractivity (Wildman–Crippen MR) is 282 cm³/mol. The average molecular weight is 868 g/mol. The third-order valence-electron chi connectivity index (χ3n) is 15.3. The molecule has 1 aliphatic heterocycles. The molecule has 2 heteroatoms. The van der Waals surface area contributed by atoms with Gasteiger partial charge in [-0.15, -0.1) is 0 Å². The third kappa shape index (κ3) is 5.40. The van der Waals surface area contributed by atoms with Gasteiger partial charge in [-0.1, -0.05) is 214 Å². The molecule has 0 radical (unpaired) electrons. The minimum atomic E-state index is -0.613. The molecule has 1 spiro atoms. The Morgan fingerprint density at radius 3 is 1.54 bits per heavy atom. The second kappa shape index (κ2) is 14.5. The van der Waals surface area contributed by atoms with E-state index in [1.165, 1.54) is 83.1 Å². The van der Waals surface area contributed by atoms with E-state index in [0.717, 1.165) is 44.9 Å². The summed E-state index contributed by atoms with van der Waals surface area (Å²) >= 11 is 0. The van der Waals surface area contributed by atoms with E-state index in [9.17, 15) is 0 Å². The van der Waals surface area contributed by atoms with Gasteiger partial charge in [0.1, 0.15) is 11.5 Å². The fourth-order valence-corrected chi connectivity index (χ4v) is 12.2. The van der Waals surface area contributed by atoms with Gasteiger partial charge in [0.2, 0.25) is 0 Å². The zero-order chi connectivity index (χ0) is 45.1. The lowest BCUT2D eigenvalue weighted by Gasteiger charge is -2.40. The number of anilines is 3. The lowest BCUT2D eigenvalue weighted by molar-refractivity contribution is 0.447. The summed E-state index contributed by atoms with van der Waals surface area (Å²) in [6.07, 6.45) is 0. The molecule has 0 amide bonds. The average Bonchev–Trinajstić information content (AvgIpc) is 3.81. The van der Waals surface area contributed by atoms with E-state index in [4.69, 9.17) is 4.74 Å². The number of para-hydroxylation sites is 1. The first-order valence-corrected chi connectivity index (χ1v) is 23.7. The maximum atomic E-state index is 7.23. The van der Waals surface area contributed by atoms with Crippen LogP contribution in [0, 0.1) is 0 Å². The van der Waals surface area contributed by atoms with Gasteiger partial charge in [-0.3, -0.25) is 0 Å². The number of hydrogen-bond acceptors (Lipinski definition) is 2. The Morgan fingerprint density at radius 1 is 0.324 bits per heavy atom. The highest BCUT2D eigenvalue weighted by Gasteiger charge is 2.52. The summed E-state index contributed by atoms with van der Waals surface area (Å²) in [6.45, 7) is 4.72. The van der Waals surface area contributed by atoms with Crippen LogP contribution in [0.2, 0.25) is 0 Å². The monoisotopic (exact) mass is 867 g/mol. The first kappa shape index (κ1) is 38.8. The SMILES string of the molecule is CC1(C)c2ccccc2-c2ccc(N(c3ccc(-c4ccc5c(c4)C4(c6ccccc6-5)c5ccc6ccccc6c5Oc5c4ccc4ccccc54)cc3)c3ccccc3-c3ccccc3)cc21. The van der Waals surface area contributed by atoms with Crippen LogP contribution < -0.4 is 9.64 Å². The molecule has 3 aliphatic rings. The van der Waals surface area contributed by atoms with Crippen LogP contribution in [0.3, 0.4) is 0 Å². The van der Waals surface area contributed by atoms with Crippen LogP contribution in [0.4, 0.5) is 17.1 Å². The van der Waals surface area contributed by atoms with Crippen LogP contribution >= 0.6 is 0 Å². The lowest BCUT2D eigenvalue weighted by atomic mass is 9.65.